The lowest BCUT2D eigenvalue weighted by molar-refractivity contribution is 0.206. The van der Waals surface area contributed by atoms with E-state index in [0.717, 1.165) is 28.8 Å². The Morgan fingerprint density at radius 1 is 0.926 bits per heavy atom. The van der Waals surface area contributed by atoms with Crippen molar-refractivity contribution in [1.29, 1.82) is 0 Å². The molecule has 4 nitrogen and oxygen atoms in total. The predicted octanol–water partition coefficient (Wildman–Crippen LogP) is 5.19. The van der Waals surface area contributed by atoms with Crippen molar-refractivity contribution in [3.8, 4) is 0 Å². The van der Waals surface area contributed by atoms with Crippen LogP contribution >= 0.6 is 0 Å². The molecule has 0 saturated carbocycles. The fourth-order valence-electron chi connectivity index (χ4n) is 2.85. The monoisotopic (exact) mass is 359 g/mol. The maximum absolute atomic E-state index is 12.9. The molecule has 2 amide bonds. The number of hydrogen-bond acceptors (Lipinski definition) is 2. The molecule has 0 saturated heterocycles. The van der Waals surface area contributed by atoms with Gasteiger partial charge in [-0.2, -0.15) is 0 Å². The third-order valence-corrected chi connectivity index (χ3v) is 4.49. The zero-order chi connectivity index (χ0) is 19.1. The van der Waals surface area contributed by atoms with Gasteiger partial charge in [-0.3, -0.25) is 4.98 Å². The molecule has 0 atom stereocenters. The van der Waals surface area contributed by atoms with Gasteiger partial charge in [-0.15, -0.1) is 0 Å². The highest BCUT2D eigenvalue weighted by Crippen LogP contribution is 2.15. The van der Waals surface area contributed by atoms with Crippen LogP contribution in [-0.2, 0) is 19.5 Å². The molecule has 27 heavy (non-hydrogen) atoms. The lowest BCUT2D eigenvalue weighted by atomic mass is 10.1. The van der Waals surface area contributed by atoms with Crippen molar-refractivity contribution in [3.63, 3.8) is 0 Å². The summed E-state index contributed by atoms with van der Waals surface area (Å²) in [7, 11) is 0. The van der Waals surface area contributed by atoms with Crippen molar-refractivity contribution in [2.24, 2.45) is 0 Å². The van der Waals surface area contributed by atoms with E-state index in [2.05, 4.69) is 41.5 Å². The highest BCUT2D eigenvalue weighted by atomic mass is 16.2. The molecule has 0 spiro atoms. The number of aromatic nitrogens is 1. The molecule has 2 aromatic carbocycles. The molecular weight excluding hydrogens is 334 g/mol. The number of pyridine rings is 1. The molecule has 3 rings (SSSR count). The number of benzene rings is 2. The number of carbonyl (C=O) groups is 1. The normalized spacial score (nSPS) is 10.4. The van der Waals surface area contributed by atoms with Crippen molar-refractivity contribution in [2.75, 3.05) is 5.32 Å². The van der Waals surface area contributed by atoms with Crippen molar-refractivity contribution in [2.45, 2.75) is 33.4 Å². The van der Waals surface area contributed by atoms with Gasteiger partial charge in [0.05, 0.1) is 0 Å². The predicted molar refractivity (Wildman–Crippen MR) is 110 cm³/mol. The number of rotatable bonds is 6. The number of aryl methyl sites for hydroxylation is 2. The minimum atomic E-state index is -0.123. The molecule has 0 radical (unpaired) electrons. The van der Waals surface area contributed by atoms with E-state index in [-0.39, 0.29) is 6.03 Å². The Labute approximate surface area is 160 Å². The Morgan fingerprint density at radius 2 is 1.59 bits per heavy atom. The van der Waals surface area contributed by atoms with Crippen molar-refractivity contribution >= 4 is 11.7 Å². The lowest BCUT2D eigenvalue weighted by Gasteiger charge is -2.23. The number of amides is 2. The van der Waals surface area contributed by atoms with Crippen LogP contribution in [0.1, 0.15) is 29.2 Å². The number of nitrogens with one attached hydrogen (secondary N) is 1. The summed E-state index contributed by atoms with van der Waals surface area (Å²) in [6, 6.07) is 20.0. The number of hydrogen-bond donors (Lipinski definition) is 1. The van der Waals surface area contributed by atoms with Crippen LogP contribution in [0.3, 0.4) is 0 Å². The van der Waals surface area contributed by atoms with Gasteiger partial charge in [-0.1, -0.05) is 55.0 Å². The number of anilines is 1. The standard InChI is InChI=1S/C23H25N3O/c1-3-19-8-10-20(11-9-19)16-26(17-21-5-4-14-24-15-21)23(27)25-22-12-6-18(2)7-13-22/h4-15H,3,16-17H2,1-2H3,(H,25,27). The van der Waals surface area contributed by atoms with Crippen LogP contribution in [0.15, 0.2) is 73.1 Å². The first-order valence-corrected chi connectivity index (χ1v) is 9.23. The molecular formula is C23H25N3O. The zero-order valence-electron chi connectivity index (χ0n) is 15.9. The average molecular weight is 359 g/mol. The fourth-order valence-corrected chi connectivity index (χ4v) is 2.85. The number of urea groups is 1. The summed E-state index contributed by atoms with van der Waals surface area (Å²) < 4.78 is 0. The van der Waals surface area contributed by atoms with Crippen molar-refractivity contribution in [1.82, 2.24) is 9.88 Å². The van der Waals surface area contributed by atoms with Crippen LogP contribution in [0, 0.1) is 6.92 Å². The van der Waals surface area contributed by atoms with Gasteiger partial charge < -0.3 is 10.2 Å². The Bertz CT molecular complexity index is 858. The van der Waals surface area contributed by atoms with E-state index < -0.39 is 0 Å². The summed E-state index contributed by atoms with van der Waals surface area (Å²) in [6.45, 7) is 5.21. The second kappa shape index (κ2) is 8.99. The summed E-state index contributed by atoms with van der Waals surface area (Å²) in [5.41, 5.74) is 5.36. The Kier molecular flexibility index (Phi) is 6.21. The van der Waals surface area contributed by atoms with E-state index in [0.29, 0.717) is 13.1 Å². The van der Waals surface area contributed by atoms with E-state index in [1.54, 1.807) is 17.3 Å². The van der Waals surface area contributed by atoms with Crippen LogP contribution in [0.4, 0.5) is 10.5 Å². The highest BCUT2D eigenvalue weighted by Gasteiger charge is 2.15. The summed E-state index contributed by atoms with van der Waals surface area (Å²) in [4.78, 5) is 18.9. The molecule has 0 aliphatic rings. The summed E-state index contributed by atoms with van der Waals surface area (Å²) in [5, 5.41) is 3.00. The van der Waals surface area contributed by atoms with Crippen LogP contribution in [-0.4, -0.2) is 15.9 Å². The van der Waals surface area contributed by atoms with Gasteiger partial charge in [0.2, 0.25) is 0 Å². The average Bonchev–Trinajstić information content (AvgIpc) is 2.70. The molecule has 0 fully saturated rings. The van der Waals surface area contributed by atoms with Crippen molar-refractivity contribution < 1.29 is 4.79 Å². The van der Waals surface area contributed by atoms with Gasteiger partial charge in [0.25, 0.3) is 0 Å². The minimum absolute atomic E-state index is 0.123. The molecule has 1 N–H and O–H groups in total. The zero-order valence-corrected chi connectivity index (χ0v) is 15.9. The second-order valence-electron chi connectivity index (χ2n) is 6.68. The van der Waals surface area contributed by atoms with Crippen LogP contribution in [0.5, 0.6) is 0 Å². The molecule has 3 aromatic rings. The Hall–Kier alpha value is -3.14. The van der Waals surface area contributed by atoms with E-state index in [4.69, 9.17) is 0 Å². The van der Waals surface area contributed by atoms with E-state index in [9.17, 15) is 4.79 Å². The summed E-state index contributed by atoms with van der Waals surface area (Å²) >= 11 is 0. The minimum Gasteiger partial charge on any atom is -0.316 e. The molecule has 0 unspecified atom stereocenters. The molecule has 4 heteroatoms. The number of carbonyl (C=O) groups excluding carboxylic acids is 1. The van der Waals surface area contributed by atoms with Crippen LogP contribution in [0.25, 0.3) is 0 Å². The van der Waals surface area contributed by atoms with E-state index in [1.807, 2.05) is 43.3 Å². The van der Waals surface area contributed by atoms with Gasteiger partial charge in [0.15, 0.2) is 0 Å². The first kappa shape index (κ1) is 18.6. The Morgan fingerprint density at radius 3 is 2.22 bits per heavy atom. The van der Waals surface area contributed by atoms with Gasteiger partial charge in [-0.25, -0.2) is 4.79 Å². The van der Waals surface area contributed by atoms with Crippen molar-refractivity contribution in [3.05, 3.63) is 95.3 Å². The third-order valence-electron chi connectivity index (χ3n) is 4.49. The molecule has 138 valence electrons. The molecule has 0 aliphatic carbocycles. The van der Waals surface area contributed by atoms with Crippen LogP contribution in [0.2, 0.25) is 0 Å². The fraction of sp³-hybridized carbons (Fsp3) is 0.217. The SMILES string of the molecule is CCc1ccc(CN(Cc2cccnc2)C(=O)Nc2ccc(C)cc2)cc1. The quantitative estimate of drug-likeness (QED) is 0.658. The molecule has 0 aliphatic heterocycles. The largest absolute Gasteiger partial charge is 0.322 e. The van der Waals surface area contributed by atoms with Crippen LogP contribution < -0.4 is 5.32 Å². The molecule has 0 bridgehead atoms. The van der Waals surface area contributed by atoms with Gasteiger partial charge in [0, 0.05) is 31.2 Å². The molecule has 1 heterocycles. The third kappa shape index (κ3) is 5.42. The topological polar surface area (TPSA) is 45.2 Å². The lowest BCUT2D eigenvalue weighted by Crippen LogP contribution is -2.34. The first-order valence-electron chi connectivity index (χ1n) is 9.23. The summed E-state index contributed by atoms with van der Waals surface area (Å²) in [6.07, 6.45) is 4.55. The van der Waals surface area contributed by atoms with E-state index >= 15 is 0 Å². The van der Waals surface area contributed by atoms with E-state index in [1.165, 1.54) is 5.56 Å². The Balaban J connectivity index is 1.77. The maximum atomic E-state index is 12.9. The van der Waals surface area contributed by atoms with Gasteiger partial charge in [-0.05, 0) is 48.2 Å². The first-order chi connectivity index (χ1) is 13.1. The second-order valence-corrected chi connectivity index (χ2v) is 6.68. The summed E-state index contributed by atoms with van der Waals surface area (Å²) in [5.74, 6) is 0. The maximum Gasteiger partial charge on any atom is 0.322 e. The van der Waals surface area contributed by atoms with Gasteiger partial charge in [0.1, 0.15) is 0 Å². The molecule has 1 aromatic heterocycles. The smallest absolute Gasteiger partial charge is 0.316 e. The number of nitrogens with zero attached hydrogens (tertiary/aromatic N) is 2. The highest BCUT2D eigenvalue weighted by molar-refractivity contribution is 5.89. The van der Waals surface area contributed by atoms with Gasteiger partial charge >= 0.3 is 6.03 Å².